The van der Waals surface area contributed by atoms with Crippen molar-refractivity contribution in [1.29, 1.82) is 0 Å². The summed E-state index contributed by atoms with van der Waals surface area (Å²) in [4.78, 5) is 2.36. The van der Waals surface area contributed by atoms with Gasteiger partial charge in [0.15, 0.2) is 0 Å². The fraction of sp³-hybridized carbons (Fsp3) is 0.647. The molecule has 0 aromatic heterocycles. The normalized spacial score (nSPS) is 26.7. The summed E-state index contributed by atoms with van der Waals surface area (Å²) >= 11 is 0. The van der Waals surface area contributed by atoms with Crippen LogP contribution >= 0.6 is 0 Å². The van der Waals surface area contributed by atoms with Gasteiger partial charge in [-0.3, -0.25) is 0 Å². The smallest absolute Gasteiger partial charge is 0.399 e. The molecular formula is C17H26BNO3. The van der Waals surface area contributed by atoms with E-state index in [1.165, 1.54) is 5.69 Å². The zero-order valence-corrected chi connectivity index (χ0v) is 14.3. The molecule has 2 fully saturated rings. The Hall–Kier alpha value is -1.04. The maximum atomic E-state index is 6.09. The number of hydrogen-bond acceptors (Lipinski definition) is 4. The van der Waals surface area contributed by atoms with Gasteiger partial charge in [-0.05, 0) is 51.7 Å². The fourth-order valence-electron chi connectivity index (χ4n) is 2.98. The van der Waals surface area contributed by atoms with Crippen molar-refractivity contribution in [3.63, 3.8) is 0 Å². The maximum Gasteiger partial charge on any atom is 0.494 e. The van der Waals surface area contributed by atoms with Crippen LogP contribution in [0.5, 0.6) is 0 Å². The molecule has 0 bridgehead atoms. The molecule has 0 N–H and O–H groups in total. The van der Waals surface area contributed by atoms with Gasteiger partial charge < -0.3 is 18.9 Å². The topological polar surface area (TPSA) is 30.9 Å². The molecule has 0 amide bonds. The molecule has 1 aromatic rings. The number of anilines is 1. The van der Waals surface area contributed by atoms with E-state index in [9.17, 15) is 0 Å². The van der Waals surface area contributed by atoms with Crippen molar-refractivity contribution in [2.45, 2.75) is 51.4 Å². The minimum absolute atomic E-state index is 0.288. The van der Waals surface area contributed by atoms with Crippen LogP contribution in [0.4, 0.5) is 5.69 Å². The largest absolute Gasteiger partial charge is 0.494 e. The molecule has 0 saturated carbocycles. The van der Waals surface area contributed by atoms with Crippen LogP contribution in [0.1, 0.15) is 34.1 Å². The van der Waals surface area contributed by atoms with Gasteiger partial charge in [-0.25, -0.2) is 0 Å². The van der Waals surface area contributed by atoms with Gasteiger partial charge in [-0.2, -0.15) is 0 Å². The van der Waals surface area contributed by atoms with Gasteiger partial charge in [0.1, 0.15) is 0 Å². The SMILES string of the molecule is CO[C@@H]1CCN(c2ccc(B3OC(C)(C)C(C)(C)O3)cc2)C1. The third kappa shape index (κ3) is 2.77. The molecule has 2 aliphatic rings. The van der Waals surface area contributed by atoms with Crippen LogP contribution in [0.3, 0.4) is 0 Å². The lowest BCUT2D eigenvalue weighted by Crippen LogP contribution is -2.41. The van der Waals surface area contributed by atoms with E-state index in [0.29, 0.717) is 6.10 Å². The van der Waals surface area contributed by atoms with Crippen molar-refractivity contribution in [1.82, 2.24) is 0 Å². The molecular weight excluding hydrogens is 277 g/mol. The summed E-state index contributed by atoms with van der Waals surface area (Å²) in [6.07, 6.45) is 1.44. The van der Waals surface area contributed by atoms with Crippen LogP contribution < -0.4 is 10.4 Å². The Bertz CT molecular complexity index is 513. The highest BCUT2D eigenvalue weighted by Gasteiger charge is 2.51. The highest BCUT2D eigenvalue weighted by Crippen LogP contribution is 2.36. The van der Waals surface area contributed by atoms with E-state index in [-0.39, 0.29) is 18.3 Å². The first-order chi connectivity index (χ1) is 10.3. The fourth-order valence-corrected chi connectivity index (χ4v) is 2.98. The van der Waals surface area contributed by atoms with Crippen molar-refractivity contribution in [3.05, 3.63) is 24.3 Å². The zero-order valence-electron chi connectivity index (χ0n) is 14.3. The van der Waals surface area contributed by atoms with E-state index in [4.69, 9.17) is 14.0 Å². The number of nitrogens with zero attached hydrogens (tertiary/aromatic N) is 1. The third-order valence-corrected chi connectivity index (χ3v) is 5.26. The molecule has 22 heavy (non-hydrogen) atoms. The van der Waals surface area contributed by atoms with Crippen molar-refractivity contribution >= 4 is 18.3 Å². The predicted molar refractivity (Wildman–Crippen MR) is 89.8 cm³/mol. The number of rotatable bonds is 3. The standard InChI is InChI=1S/C17H26BNO3/c1-16(2)17(3,4)22-18(21-16)13-6-8-14(9-7-13)19-11-10-15(12-19)20-5/h6-9,15H,10-12H2,1-5H3/t15-/m1/s1. The average Bonchev–Trinajstić information content (AvgIpc) is 3.02. The van der Waals surface area contributed by atoms with Gasteiger partial charge >= 0.3 is 7.12 Å². The Morgan fingerprint density at radius 1 is 1.09 bits per heavy atom. The Morgan fingerprint density at radius 2 is 1.68 bits per heavy atom. The highest BCUT2D eigenvalue weighted by molar-refractivity contribution is 6.62. The molecule has 4 nitrogen and oxygen atoms in total. The summed E-state index contributed by atoms with van der Waals surface area (Å²) in [6, 6.07) is 8.52. The zero-order chi connectivity index (χ0) is 16.0. The summed E-state index contributed by atoms with van der Waals surface area (Å²) in [5, 5.41) is 0. The molecule has 5 heteroatoms. The maximum absolute atomic E-state index is 6.09. The monoisotopic (exact) mass is 303 g/mol. The number of benzene rings is 1. The van der Waals surface area contributed by atoms with Crippen molar-refractivity contribution in [2.75, 3.05) is 25.1 Å². The quantitative estimate of drug-likeness (QED) is 0.801. The minimum atomic E-state index is -0.295. The molecule has 120 valence electrons. The first kappa shape index (κ1) is 15.8. The van der Waals surface area contributed by atoms with Crippen LogP contribution in [0.15, 0.2) is 24.3 Å². The van der Waals surface area contributed by atoms with E-state index in [0.717, 1.165) is 25.0 Å². The molecule has 2 heterocycles. The van der Waals surface area contributed by atoms with E-state index in [1.807, 2.05) is 0 Å². The van der Waals surface area contributed by atoms with Crippen LogP contribution in [0, 0.1) is 0 Å². The Kier molecular flexibility index (Phi) is 4.00. The molecule has 3 rings (SSSR count). The summed E-state index contributed by atoms with van der Waals surface area (Å²) in [6.45, 7) is 10.3. The highest BCUT2D eigenvalue weighted by atomic mass is 16.7. The van der Waals surface area contributed by atoms with Crippen molar-refractivity contribution in [3.8, 4) is 0 Å². The molecule has 0 radical (unpaired) electrons. The molecule has 0 unspecified atom stereocenters. The van der Waals surface area contributed by atoms with E-state index in [1.54, 1.807) is 7.11 Å². The van der Waals surface area contributed by atoms with Gasteiger partial charge in [0.25, 0.3) is 0 Å². The Balaban J connectivity index is 1.71. The molecule has 0 spiro atoms. The minimum Gasteiger partial charge on any atom is -0.399 e. The molecule has 1 aromatic carbocycles. The van der Waals surface area contributed by atoms with Gasteiger partial charge in [0.2, 0.25) is 0 Å². The summed E-state index contributed by atoms with van der Waals surface area (Å²) in [5.41, 5.74) is 1.72. The Labute approximate surface area is 133 Å². The number of methoxy groups -OCH3 is 1. The summed E-state index contributed by atoms with van der Waals surface area (Å²) < 4.78 is 17.6. The van der Waals surface area contributed by atoms with Crippen LogP contribution in [-0.2, 0) is 14.0 Å². The Morgan fingerprint density at radius 3 is 2.18 bits per heavy atom. The molecule has 2 saturated heterocycles. The van der Waals surface area contributed by atoms with E-state index in [2.05, 4.69) is 56.9 Å². The predicted octanol–water partition coefficient (Wildman–Crippen LogP) is 2.21. The summed E-state index contributed by atoms with van der Waals surface area (Å²) in [5.74, 6) is 0. The average molecular weight is 303 g/mol. The second kappa shape index (κ2) is 5.55. The molecule has 1 atom stereocenters. The second-order valence-corrected chi connectivity index (χ2v) is 7.27. The lowest BCUT2D eigenvalue weighted by atomic mass is 9.79. The van der Waals surface area contributed by atoms with E-state index < -0.39 is 0 Å². The van der Waals surface area contributed by atoms with Crippen LogP contribution in [-0.4, -0.2) is 44.6 Å². The molecule has 0 aliphatic carbocycles. The van der Waals surface area contributed by atoms with E-state index >= 15 is 0 Å². The number of hydrogen-bond donors (Lipinski definition) is 0. The third-order valence-electron chi connectivity index (χ3n) is 5.26. The van der Waals surface area contributed by atoms with Gasteiger partial charge in [0, 0.05) is 25.9 Å². The summed E-state index contributed by atoms with van der Waals surface area (Å²) in [7, 11) is 1.50. The van der Waals surface area contributed by atoms with Gasteiger partial charge in [0.05, 0.1) is 17.3 Å². The van der Waals surface area contributed by atoms with Crippen LogP contribution in [0.2, 0.25) is 0 Å². The number of ether oxygens (including phenoxy) is 1. The van der Waals surface area contributed by atoms with Gasteiger partial charge in [-0.1, -0.05) is 12.1 Å². The first-order valence-electron chi connectivity index (χ1n) is 8.06. The molecule has 2 aliphatic heterocycles. The van der Waals surface area contributed by atoms with Gasteiger partial charge in [-0.15, -0.1) is 0 Å². The lowest BCUT2D eigenvalue weighted by molar-refractivity contribution is 0.00578. The first-order valence-corrected chi connectivity index (χ1v) is 8.06. The van der Waals surface area contributed by atoms with Crippen molar-refractivity contribution in [2.24, 2.45) is 0 Å². The van der Waals surface area contributed by atoms with Crippen LogP contribution in [0.25, 0.3) is 0 Å². The lowest BCUT2D eigenvalue weighted by Gasteiger charge is -2.32. The van der Waals surface area contributed by atoms with Crippen molar-refractivity contribution < 1.29 is 14.0 Å². The second-order valence-electron chi connectivity index (χ2n) is 7.27.